The van der Waals surface area contributed by atoms with Crippen molar-refractivity contribution in [1.82, 2.24) is 19.9 Å². The molecule has 0 spiro atoms. The van der Waals surface area contributed by atoms with Gasteiger partial charge in [-0.05, 0) is 42.3 Å². The van der Waals surface area contributed by atoms with Crippen LogP contribution in [0.15, 0.2) is 71.3 Å². The van der Waals surface area contributed by atoms with E-state index in [1.165, 1.54) is 0 Å². The van der Waals surface area contributed by atoms with E-state index in [-0.39, 0.29) is 24.3 Å². The van der Waals surface area contributed by atoms with Crippen LogP contribution in [-0.4, -0.2) is 57.4 Å². The Labute approximate surface area is 198 Å². The number of benzene rings is 3. The summed E-state index contributed by atoms with van der Waals surface area (Å²) in [6.07, 6.45) is 0.0688. The van der Waals surface area contributed by atoms with E-state index in [2.05, 4.69) is 10.1 Å². The van der Waals surface area contributed by atoms with Gasteiger partial charge in [0.05, 0.1) is 6.42 Å². The zero-order chi connectivity index (χ0) is 23.7. The van der Waals surface area contributed by atoms with E-state index in [4.69, 9.17) is 4.52 Å². The van der Waals surface area contributed by atoms with Gasteiger partial charge in [0.25, 0.3) is 11.8 Å². The Morgan fingerprint density at radius 3 is 2.59 bits per heavy atom. The highest BCUT2D eigenvalue weighted by Crippen LogP contribution is 2.23. The maximum Gasteiger partial charge on any atom is 0.258 e. The van der Waals surface area contributed by atoms with Crippen LogP contribution in [0, 0.1) is 6.92 Å². The Balaban J connectivity index is 1.25. The molecule has 0 aliphatic carbocycles. The monoisotopic (exact) mass is 454 g/mol. The largest absolute Gasteiger partial charge is 0.338 e. The van der Waals surface area contributed by atoms with Crippen molar-refractivity contribution in [3.05, 3.63) is 83.7 Å². The van der Waals surface area contributed by atoms with E-state index in [1.807, 2.05) is 85.5 Å². The lowest BCUT2D eigenvalue weighted by atomic mass is 10.0. The SMILES string of the molecule is Cc1ccccc1-c1nc(CC(=O)N2CCN(C(=O)c3cccc4ccccc34)C(C)C2)no1. The average Bonchev–Trinajstić information content (AvgIpc) is 3.31. The van der Waals surface area contributed by atoms with Crippen molar-refractivity contribution in [3.63, 3.8) is 0 Å². The first-order valence-corrected chi connectivity index (χ1v) is 11.5. The number of carbonyl (C=O) groups is 2. The Morgan fingerprint density at radius 2 is 1.76 bits per heavy atom. The fourth-order valence-corrected chi connectivity index (χ4v) is 4.55. The van der Waals surface area contributed by atoms with Crippen molar-refractivity contribution in [3.8, 4) is 11.5 Å². The normalized spacial score (nSPS) is 16.1. The maximum absolute atomic E-state index is 13.3. The number of fused-ring (bicyclic) bond motifs is 1. The summed E-state index contributed by atoms with van der Waals surface area (Å²) in [4.78, 5) is 34.3. The molecule has 7 heteroatoms. The van der Waals surface area contributed by atoms with Crippen molar-refractivity contribution in [2.45, 2.75) is 26.3 Å². The number of hydrogen-bond donors (Lipinski definition) is 0. The molecule has 0 bridgehead atoms. The molecule has 0 N–H and O–H groups in total. The molecule has 1 unspecified atom stereocenters. The molecule has 7 nitrogen and oxygen atoms in total. The van der Waals surface area contributed by atoms with Gasteiger partial charge in [-0.3, -0.25) is 9.59 Å². The van der Waals surface area contributed by atoms with E-state index in [0.717, 1.165) is 21.9 Å². The summed E-state index contributed by atoms with van der Waals surface area (Å²) in [6, 6.07) is 21.4. The first-order chi connectivity index (χ1) is 16.5. The third kappa shape index (κ3) is 4.17. The summed E-state index contributed by atoms with van der Waals surface area (Å²) in [5.41, 5.74) is 2.59. The summed E-state index contributed by atoms with van der Waals surface area (Å²) in [5.74, 6) is 0.712. The Hall–Kier alpha value is -4.00. The van der Waals surface area contributed by atoms with E-state index < -0.39 is 0 Å². The Kier molecular flexibility index (Phi) is 5.84. The quantitative estimate of drug-likeness (QED) is 0.464. The van der Waals surface area contributed by atoms with E-state index >= 15 is 0 Å². The lowest BCUT2D eigenvalue weighted by molar-refractivity contribution is -0.133. The minimum atomic E-state index is -0.100. The molecule has 1 atom stereocenters. The lowest BCUT2D eigenvalue weighted by Gasteiger charge is -2.40. The number of amides is 2. The van der Waals surface area contributed by atoms with Crippen LogP contribution >= 0.6 is 0 Å². The van der Waals surface area contributed by atoms with Crippen LogP contribution in [0.4, 0.5) is 0 Å². The molecular weight excluding hydrogens is 428 g/mol. The van der Waals surface area contributed by atoms with Crippen LogP contribution in [0.1, 0.15) is 28.7 Å². The Morgan fingerprint density at radius 1 is 1.00 bits per heavy atom. The molecule has 0 saturated carbocycles. The molecule has 1 saturated heterocycles. The van der Waals surface area contributed by atoms with Crippen molar-refractivity contribution in [2.24, 2.45) is 0 Å². The van der Waals surface area contributed by atoms with Gasteiger partial charge in [-0.2, -0.15) is 4.98 Å². The number of aryl methyl sites for hydroxylation is 1. The first-order valence-electron chi connectivity index (χ1n) is 11.5. The highest BCUT2D eigenvalue weighted by Gasteiger charge is 2.31. The highest BCUT2D eigenvalue weighted by atomic mass is 16.5. The molecule has 5 rings (SSSR count). The molecule has 1 aliphatic rings. The molecule has 0 radical (unpaired) electrons. The van der Waals surface area contributed by atoms with Gasteiger partial charge in [0.1, 0.15) is 0 Å². The van der Waals surface area contributed by atoms with Crippen LogP contribution < -0.4 is 0 Å². The first kappa shape index (κ1) is 21.8. The minimum absolute atomic E-state index is 0.00237. The molecule has 1 aromatic heterocycles. The number of piperazine rings is 1. The molecule has 1 aliphatic heterocycles. The van der Waals surface area contributed by atoms with E-state index in [9.17, 15) is 9.59 Å². The molecule has 2 heterocycles. The number of hydrogen-bond acceptors (Lipinski definition) is 5. The van der Waals surface area contributed by atoms with Crippen molar-refractivity contribution in [1.29, 1.82) is 0 Å². The third-order valence-corrected chi connectivity index (χ3v) is 6.41. The fraction of sp³-hybridized carbons (Fsp3) is 0.259. The fourth-order valence-electron chi connectivity index (χ4n) is 4.55. The van der Waals surface area contributed by atoms with E-state index in [0.29, 0.717) is 36.9 Å². The van der Waals surface area contributed by atoms with Crippen LogP contribution in [0.25, 0.3) is 22.2 Å². The highest BCUT2D eigenvalue weighted by molar-refractivity contribution is 6.07. The minimum Gasteiger partial charge on any atom is -0.338 e. The summed E-state index contributed by atoms with van der Waals surface area (Å²) in [5, 5.41) is 5.99. The molecule has 172 valence electrons. The number of nitrogens with zero attached hydrogens (tertiary/aromatic N) is 4. The number of carbonyl (C=O) groups excluding carboxylic acids is 2. The summed E-state index contributed by atoms with van der Waals surface area (Å²) in [6.45, 7) is 5.38. The van der Waals surface area contributed by atoms with Crippen molar-refractivity contribution < 1.29 is 14.1 Å². The molecule has 1 fully saturated rings. The van der Waals surface area contributed by atoms with Crippen LogP contribution in [0.2, 0.25) is 0 Å². The predicted molar refractivity (Wildman–Crippen MR) is 129 cm³/mol. The smallest absolute Gasteiger partial charge is 0.258 e. The van der Waals surface area contributed by atoms with Gasteiger partial charge in [0.15, 0.2) is 5.82 Å². The zero-order valence-corrected chi connectivity index (χ0v) is 19.3. The second-order valence-electron chi connectivity index (χ2n) is 8.72. The van der Waals surface area contributed by atoms with Gasteiger partial charge in [-0.15, -0.1) is 0 Å². The number of rotatable bonds is 4. The second kappa shape index (κ2) is 9.09. The van der Waals surface area contributed by atoms with Crippen LogP contribution in [0.3, 0.4) is 0 Å². The van der Waals surface area contributed by atoms with Gasteiger partial charge in [0, 0.05) is 36.8 Å². The van der Waals surface area contributed by atoms with Gasteiger partial charge in [-0.1, -0.05) is 59.8 Å². The van der Waals surface area contributed by atoms with Gasteiger partial charge < -0.3 is 14.3 Å². The van der Waals surface area contributed by atoms with Crippen molar-refractivity contribution in [2.75, 3.05) is 19.6 Å². The van der Waals surface area contributed by atoms with Gasteiger partial charge in [0.2, 0.25) is 5.91 Å². The van der Waals surface area contributed by atoms with Crippen LogP contribution in [0.5, 0.6) is 0 Å². The van der Waals surface area contributed by atoms with Gasteiger partial charge >= 0.3 is 0 Å². The summed E-state index contributed by atoms with van der Waals surface area (Å²) < 4.78 is 5.39. The number of aromatic nitrogens is 2. The molecule has 34 heavy (non-hydrogen) atoms. The van der Waals surface area contributed by atoms with Gasteiger partial charge in [-0.25, -0.2) is 0 Å². The lowest BCUT2D eigenvalue weighted by Crippen LogP contribution is -2.55. The second-order valence-corrected chi connectivity index (χ2v) is 8.72. The van der Waals surface area contributed by atoms with Crippen LogP contribution in [-0.2, 0) is 11.2 Å². The molecular formula is C27H26N4O3. The maximum atomic E-state index is 13.3. The molecule has 3 aromatic carbocycles. The molecule has 2 amide bonds. The standard InChI is InChI=1S/C27H26N4O3/c1-18-8-3-5-11-21(18)26-28-24(29-34-26)16-25(32)30-14-15-31(19(2)17-30)27(33)23-13-7-10-20-9-4-6-12-22(20)23/h3-13,19H,14-17H2,1-2H3. The topological polar surface area (TPSA) is 79.5 Å². The Bertz CT molecular complexity index is 1360. The van der Waals surface area contributed by atoms with E-state index in [1.54, 1.807) is 4.90 Å². The predicted octanol–water partition coefficient (Wildman–Crippen LogP) is 4.11. The zero-order valence-electron chi connectivity index (χ0n) is 19.3. The molecule has 4 aromatic rings. The third-order valence-electron chi connectivity index (χ3n) is 6.41. The average molecular weight is 455 g/mol. The summed E-state index contributed by atoms with van der Waals surface area (Å²) in [7, 11) is 0. The summed E-state index contributed by atoms with van der Waals surface area (Å²) >= 11 is 0. The van der Waals surface area contributed by atoms with Crippen molar-refractivity contribution >= 4 is 22.6 Å².